The van der Waals surface area contributed by atoms with E-state index in [0.29, 0.717) is 25.2 Å². The van der Waals surface area contributed by atoms with Crippen LogP contribution in [-0.2, 0) is 33.8 Å². The van der Waals surface area contributed by atoms with E-state index in [4.69, 9.17) is 4.74 Å². The van der Waals surface area contributed by atoms with E-state index in [-0.39, 0.29) is 43.9 Å². The molecular formula is C44H57N9O6. The number of benzene rings is 2. The third-order valence-electron chi connectivity index (χ3n) is 10.5. The summed E-state index contributed by atoms with van der Waals surface area (Å²) in [4.78, 5) is 62.3. The lowest BCUT2D eigenvalue weighted by molar-refractivity contribution is -0.132. The van der Waals surface area contributed by atoms with Gasteiger partial charge in [0, 0.05) is 44.1 Å². The van der Waals surface area contributed by atoms with Crippen LogP contribution in [0.2, 0.25) is 0 Å². The molecule has 4 aromatic rings. The van der Waals surface area contributed by atoms with Crippen molar-refractivity contribution in [2.45, 2.75) is 84.8 Å². The van der Waals surface area contributed by atoms with Crippen molar-refractivity contribution in [2.75, 3.05) is 26.7 Å². The highest BCUT2D eigenvalue weighted by molar-refractivity contribution is 5.88. The maximum Gasteiger partial charge on any atom is 0.407 e. The lowest BCUT2D eigenvalue weighted by Gasteiger charge is -2.36. The van der Waals surface area contributed by atoms with Crippen LogP contribution in [0.4, 0.5) is 9.59 Å². The number of nitrogens with zero attached hydrogens (tertiary/aromatic N) is 6. The minimum absolute atomic E-state index is 0.108. The third kappa shape index (κ3) is 12.3. The van der Waals surface area contributed by atoms with Gasteiger partial charge in [-0.15, -0.1) is 0 Å². The van der Waals surface area contributed by atoms with Crippen LogP contribution in [0.25, 0.3) is 11.3 Å². The molecule has 0 saturated carbocycles. The minimum Gasteiger partial charge on any atom is -0.453 e. The normalized spacial score (nSPS) is 15.6. The first kappa shape index (κ1) is 44.2. The predicted octanol–water partition coefficient (Wildman–Crippen LogP) is 4.58. The average molecular weight is 808 g/mol. The van der Waals surface area contributed by atoms with Crippen LogP contribution in [0, 0.1) is 11.3 Å². The molecule has 5 unspecified atom stereocenters. The number of urea groups is 1. The van der Waals surface area contributed by atoms with Gasteiger partial charge in [-0.1, -0.05) is 102 Å². The van der Waals surface area contributed by atoms with Crippen molar-refractivity contribution in [1.82, 2.24) is 46.0 Å². The van der Waals surface area contributed by atoms with E-state index in [9.17, 15) is 24.3 Å². The van der Waals surface area contributed by atoms with Crippen LogP contribution < -0.4 is 16.1 Å². The predicted molar refractivity (Wildman–Crippen MR) is 223 cm³/mol. The first-order valence-corrected chi connectivity index (χ1v) is 20.0. The number of amides is 5. The fourth-order valence-electron chi connectivity index (χ4n) is 7.08. The molecule has 15 heteroatoms. The number of pyridine rings is 1. The summed E-state index contributed by atoms with van der Waals surface area (Å²) in [6, 6.07) is 23.6. The number of hydrazine groups is 1. The van der Waals surface area contributed by atoms with Crippen molar-refractivity contribution in [3.05, 3.63) is 114 Å². The van der Waals surface area contributed by atoms with Gasteiger partial charge in [-0.2, -0.15) is 10.2 Å². The van der Waals surface area contributed by atoms with E-state index in [1.165, 1.54) is 7.11 Å². The number of carbonyl (C=O) groups excluding carboxylic acids is 4. The highest BCUT2D eigenvalue weighted by Gasteiger charge is 2.41. The van der Waals surface area contributed by atoms with Gasteiger partial charge in [0.25, 0.3) is 5.91 Å². The Balaban J connectivity index is 1.41. The summed E-state index contributed by atoms with van der Waals surface area (Å²) in [5.41, 5.74) is 6.31. The second-order valence-electron chi connectivity index (χ2n) is 16.0. The van der Waals surface area contributed by atoms with Crippen molar-refractivity contribution in [3.8, 4) is 11.3 Å². The van der Waals surface area contributed by atoms with Crippen molar-refractivity contribution in [3.63, 3.8) is 0 Å². The van der Waals surface area contributed by atoms with Gasteiger partial charge in [0.05, 0.1) is 37.2 Å². The zero-order chi connectivity index (χ0) is 42.5. The van der Waals surface area contributed by atoms with Crippen molar-refractivity contribution in [1.29, 1.82) is 0 Å². The van der Waals surface area contributed by atoms with Crippen LogP contribution in [0.1, 0.15) is 57.9 Å². The van der Waals surface area contributed by atoms with Gasteiger partial charge in [0.2, 0.25) is 5.91 Å². The summed E-state index contributed by atoms with van der Waals surface area (Å²) < 4.78 is 4.82. The smallest absolute Gasteiger partial charge is 0.407 e. The number of aliphatic hydroxyl groups excluding tert-OH is 1. The van der Waals surface area contributed by atoms with Crippen molar-refractivity contribution >= 4 is 23.9 Å². The Bertz CT molecular complexity index is 1970. The molecule has 0 spiro atoms. The van der Waals surface area contributed by atoms with E-state index >= 15 is 0 Å². The summed E-state index contributed by atoms with van der Waals surface area (Å²) in [5, 5.41) is 27.6. The maximum atomic E-state index is 14.5. The Morgan fingerprint density at radius 3 is 2.25 bits per heavy atom. The quantitative estimate of drug-likeness (QED) is 0.104. The van der Waals surface area contributed by atoms with Crippen LogP contribution in [-0.4, -0.2) is 110 Å². The zero-order valence-electron chi connectivity index (χ0n) is 34.7. The fourth-order valence-corrected chi connectivity index (χ4v) is 7.08. The number of aliphatic hydroxyl groups is 1. The molecule has 2 aromatic carbocycles. The molecule has 1 saturated heterocycles. The standard InChI is InChI=1S/C44H57N9O6/c1-7-30(2)38(53-25-24-51(43(53)58)28-34-16-13-23-46-49-34)40(55)47-36(26-31-14-9-8-10-15-31)37(54)29-52(50-41(56)39(44(3,4)5)48-42(57)59-6)27-32-18-20-33(21-19-32)35-17-11-12-22-45-35/h8-23,30,36-39,54H,7,24-29H2,1-6H3,(H,47,55)(H,48,57)(H,50,56). The maximum absolute atomic E-state index is 14.5. The first-order valence-electron chi connectivity index (χ1n) is 20.0. The van der Waals surface area contributed by atoms with Gasteiger partial charge in [-0.25, -0.2) is 14.6 Å². The topological polar surface area (TPSA) is 182 Å². The van der Waals surface area contributed by atoms with Crippen molar-refractivity contribution < 1.29 is 29.0 Å². The minimum atomic E-state index is -1.21. The fraction of sp³-hybridized carbons (Fsp3) is 0.432. The van der Waals surface area contributed by atoms with Crippen LogP contribution in [0.5, 0.6) is 0 Å². The van der Waals surface area contributed by atoms with Gasteiger partial charge in [0.15, 0.2) is 0 Å². The molecule has 314 valence electrons. The zero-order valence-corrected chi connectivity index (χ0v) is 34.7. The molecule has 4 N–H and O–H groups in total. The molecule has 0 bridgehead atoms. The van der Waals surface area contributed by atoms with Gasteiger partial charge >= 0.3 is 12.1 Å². The summed E-state index contributed by atoms with van der Waals surface area (Å²) in [6.45, 7) is 10.5. The number of nitrogens with one attached hydrogen (secondary N) is 3. The van der Waals surface area contributed by atoms with Gasteiger partial charge < -0.3 is 30.3 Å². The SMILES string of the molecule is CCC(C)C(C(=O)NC(Cc1ccccc1)C(O)CN(Cc1ccc(-c2ccccn2)cc1)NC(=O)C(NC(=O)OC)C(C)(C)C)N1CCN(Cc2cccnn2)C1=O. The molecule has 0 radical (unpaired) electrons. The Labute approximate surface area is 346 Å². The Morgan fingerprint density at radius 1 is 0.898 bits per heavy atom. The largest absolute Gasteiger partial charge is 0.453 e. The molecule has 5 atom stereocenters. The molecule has 59 heavy (non-hydrogen) atoms. The number of ether oxygens (including phenoxy) is 1. The summed E-state index contributed by atoms with van der Waals surface area (Å²) in [5.74, 6) is -1.10. The molecular weight excluding hydrogens is 751 g/mol. The highest BCUT2D eigenvalue weighted by Crippen LogP contribution is 2.24. The van der Waals surface area contributed by atoms with Crippen LogP contribution >= 0.6 is 0 Å². The van der Waals surface area contributed by atoms with E-state index in [2.05, 4.69) is 31.2 Å². The summed E-state index contributed by atoms with van der Waals surface area (Å²) in [7, 11) is 1.23. The van der Waals surface area contributed by atoms with Crippen molar-refractivity contribution in [2.24, 2.45) is 11.3 Å². The molecule has 0 aliphatic carbocycles. The lowest BCUT2D eigenvalue weighted by Crippen LogP contribution is -2.60. The lowest BCUT2D eigenvalue weighted by atomic mass is 9.86. The molecule has 2 aromatic heterocycles. The number of aromatic nitrogens is 3. The van der Waals surface area contributed by atoms with E-state index in [1.807, 2.05) is 107 Å². The Kier molecular flexibility index (Phi) is 15.5. The molecule has 5 rings (SSSR count). The van der Waals surface area contributed by atoms with Gasteiger partial charge in [-0.3, -0.25) is 20.0 Å². The number of hydrogen-bond donors (Lipinski definition) is 4. The molecule has 5 amide bonds. The highest BCUT2D eigenvalue weighted by atomic mass is 16.5. The number of methoxy groups -OCH3 is 1. The van der Waals surface area contributed by atoms with Crippen LogP contribution in [0.15, 0.2) is 97.3 Å². The first-order chi connectivity index (χ1) is 28.3. The molecule has 1 aliphatic heterocycles. The number of alkyl carbamates (subject to hydrolysis) is 1. The van der Waals surface area contributed by atoms with E-state index < -0.39 is 41.6 Å². The van der Waals surface area contributed by atoms with E-state index in [1.54, 1.807) is 39.3 Å². The summed E-state index contributed by atoms with van der Waals surface area (Å²) >= 11 is 0. The molecule has 15 nitrogen and oxygen atoms in total. The monoisotopic (exact) mass is 807 g/mol. The number of carbonyl (C=O) groups is 4. The molecule has 3 heterocycles. The molecule has 1 aliphatic rings. The second kappa shape index (κ2) is 20.7. The summed E-state index contributed by atoms with van der Waals surface area (Å²) in [6.07, 6.45) is 2.23. The average Bonchev–Trinajstić information content (AvgIpc) is 3.58. The van der Waals surface area contributed by atoms with Gasteiger partial charge in [0.1, 0.15) is 12.1 Å². The Hall–Kier alpha value is -5.93. The van der Waals surface area contributed by atoms with Crippen LogP contribution in [0.3, 0.4) is 0 Å². The number of hydrogen-bond acceptors (Lipinski definition) is 10. The van der Waals surface area contributed by atoms with E-state index in [0.717, 1.165) is 22.4 Å². The second-order valence-corrected chi connectivity index (χ2v) is 16.0. The van der Waals surface area contributed by atoms with Gasteiger partial charge in [-0.05, 0) is 53.1 Å². The third-order valence-corrected chi connectivity index (χ3v) is 10.5. The Morgan fingerprint density at radius 2 is 1.63 bits per heavy atom. The molecule has 1 fully saturated rings. The number of rotatable bonds is 18.